The summed E-state index contributed by atoms with van der Waals surface area (Å²) in [7, 11) is -2.29. The zero-order valence-corrected chi connectivity index (χ0v) is 17.6. The Morgan fingerprint density at radius 2 is 1.71 bits per heavy atom. The van der Waals surface area contributed by atoms with Crippen LogP contribution in [-0.4, -0.2) is 33.6 Å². The quantitative estimate of drug-likeness (QED) is 0.674. The van der Waals surface area contributed by atoms with Crippen LogP contribution in [0.2, 0.25) is 5.02 Å². The number of rotatable bonds is 8. The highest BCUT2D eigenvalue weighted by Crippen LogP contribution is 2.28. The van der Waals surface area contributed by atoms with Gasteiger partial charge in [0.05, 0.1) is 17.7 Å². The molecule has 0 fully saturated rings. The summed E-state index contributed by atoms with van der Waals surface area (Å²) in [5, 5.41) is 3.21. The van der Waals surface area contributed by atoms with Crippen LogP contribution in [0.5, 0.6) is 11.5 Å². The lowest BCUT2D eigenvalue weighted by Crippen LogP contribution is -2.31. The molecule has 7 nitrogen and oxygen atoms in total. The van der Waals surface area contributed by atoms with E-state index < -0.39 is 22.0 Å². The van der Waals surface area contributed by atoms with E-state index in [9.17, 15) is 13.2 Å². The van der Waals surface area contributed by atoms with Gasteiger partial charge in [-0.25, -0.2) is 13.1 Å². The van der Waals surface area contributed by atoms with Gasteiger partial charge < -0.3 is 14.8 Å². The fourth-order valence-corrected chi connectivity index (χ4v) is 3.74. The van der Waals surface area contributed by atoms with Gasteiger partial charge >= 0.3 is 0 Å². The molecule has 0 aliphatic heterocycles. The van der Waals surface area contributed by atoms with Crippen LogP contribution in [0.15, 0.2) is 47.4 Å². The molecule has 9 heteroatoms. The first-order chi connectivity index (χ1) is 13.1. The summed E-state index contributed by atoms with van der Waals surface area (Å²) in [5.74, 6) is 0.353. The third kappa shape index (κ3) is 5.85. The first-order valence-corrected chi connectivity index (χ1v) is 10.4. The van der Waals surface area contributed by atoms with Crippen molar-refractivity contribution in [3.8, 4) is 11.5 Å². The number of nitrogens with one attached hydrogen (secondary N) is 2. The van der Waals surface area contributed by atoms with Gasteiger partial charge in [0.25, 0.3) is 5.91 Å². The van der Waals surface area contributed by atoms with E-state index >= 15 is 0 Å². The average Bonchev–Trinajstić information content (AvgIpc) is 2.62. The Kier molecular flexibility index (Phi) is 7.29. The van der Waals surface area contributed by atoms with Crippen molar-refractivity contribution in [2.24, 2.45) is 0 Å². The van der Waals surface area contributed by atoms with Crippen molar-refractivity contribution in [2.75, 3.05) is 12.4 Å². The summed E-state index contributed by atoms with van der Waals surface area (Å²) < 4.78 is 38.1. The predicted molar refractivity (Wildman–Crippen MR) is 109 cm³/mol. The van der Waals surface area contributed by atoms with Gasteiger partial charge in [-0.05, 0) is 63.2 Å². The summed E-state index contributed by atoms with van der Waals surface area (Å²) in [4.78, 5) is 12.5. The second-order valence-corrected chi connectivity index (χ2v) is 8.49. The monoisotopic (exact) mass is 426 g/mol. The summed E-state index contributed by atoms with van der Waals surface area (Å²) in [6.45, 7) is 5.02. The van der Waals surface area contributed by atoms with Crippen molar-refractivity contribution in [3.05, 3.63) is 47.5 Å². The van der Waals surface area contributed by atoms with E-state index in [2.05, 4.69) is 10.0 Å². The lowest BCUT2D eigenvalue weighted by molar-refractivity contribution is -0.122. The standard InChI is InChI=1S/C19H23ClN2O5S/c1-12(2)22-28(24,25)16-9-10-18(26-4)17(11-16)21-19(23)13(3)27-15-7-5-14(20)6-8-15/h5-13,22H,1-4H3,(H,21,23)/t13-/m0/s1. The average molecular weight is 427 g/mol. The van der Waals surface area contributed by atoms with Gasteiger partial charge in [-0.2, -0.15) is 0 Å². The number of methoxy groups -OCH3 is 1. The van der Waals surface area contributed by atoms with Gasteiger partial charge in [-0.1, -0.05) is 11.6 Å². The van der Waals surface area contributed by atoms with Crippen molar-refractivity contribution in [2.45, 2.75) is 37.8 Å². The number of halogens is 1. The summed E-state index contributed by atoms with van der Waals surface area (Å²) in [6.07, 6.45) is -0.833. The van der Waals surface area contributed by atoms with E-state index in [0.717, 1.165) is 0 Å². The van der Waals surface area contributed by atoms with E-state index in [1.165, 1.54) is 25.3 Å². The number of sulfonamides is 1. The predicted octanol–water partition coefficient (Wildman–Crippen LogP) is 3.44. The molecule has 0 aliphatic rings. The Bertz CT molecular complexity index is 930. The molecule has 152 valence electrons. The molecule has 0 bridgehead atoms. The maximum Gasteiger partial charge on any atom is 0.265 e. The minimum absolute atomic E-state index is 0.0172. The topological polar surface area (TPSA) is 93.7 Å². The van der Waals surface area contributed by atoms with Crippen LogP contribution < -0.4 is 19.5 Å². The molecule has 0 unspecified atom stereocenters. The van der Waals surface area contributed by atoms with Gasteiger partial charge in [-0.15, -0.1) is 0 Å². The number of carbonyl (C=O) groups excluding carboxylic acids is 1. The van der Waals surface area contributed by atoms with E-state index in [1.807, 2.05) is 0 Å². The van der Waals surface area contributed by atoms with Crippen LogP contribution in [0.1, 0.15) is 20.8 Å². The van der Waals surface area contributed by atoms with Crippen molar-refractivity contribution in [3.63, 3.8) is 0 Å². The Labute approximate surface area is 170 Å². The fraction of sp³-hybridized carbons (Fsp3) is 0.316. The molecule has 2 rings (SSSR count). The molecule has 1 atom stereocenters. The molecule has 28 heavy (non-hydrogen) atoms. The minimum Gasteiger partial charge on any atom is -0.495 e. The molecular weight excluding hydrogens is 404 g/mol. The number of hydrogen-bond donors (Lipinski definition) is 2. The Morgan fingerprint density at radius 3 is 2.29 bits per heavy atom. The summed E-state index contributed by atoms with van der Waals surface area (Å²) in [5.41, 5.74) is 0.227. The Morgan fingerprint density at radius 1 is 1.07 bits per heavy atom. The first-order valence-electron chi connectivity index (χ1n) is 8.56. The van der Waals surface area contributed by atoms with Gasteiger partial charge in [0.2, 0.25) is 10.0 Å². The number of carbonyl (C=O) groups is 1. The van der Waals surface area contributed by atoms with Gasteiger partial charge in [0.1, 0.15) is 11.5 Å². The lowest BCUT2D eigenvalue weighted by Gasteiger charge is -2.17. The van der Waals surface area contributed by atoms with Crippen molar-refractivity contribution in [1.82, 2.24) is 4.72 Å². The normalized spacial score (nSPS) is 12.5. The molecular formula is C19H23ClN2O5S. The molecule has 0 aromatic heterocycles. The van der Waals surface area contributed by atoms with Crippen LogP contribution in [0.3, 0.4) is 0 Å². The van der Waals surface area contributed by atoms with Crippen molar-refractivity contribution in [1.29, 1.82) is 0 Å². The number of amides is 1. The molecule has 2 aromatic carbocycles. The maximum absolute atomic E-state index is 12.5. The second-order valence-electron chi connectivity index (χ2n) is 6.34. The zero-order chi connectivity index (χ0) is 20.9. The molecule has 1 amide bonds. The molecule has 2 N–H and O–H groups in total. The molecule has 0 radical (unpaired) electrons. The van der Waals surface area contributed by atoms with Crippen LogP contribution in [0.25, 0.3) is 0 Å². The smallest absolute Gasteiger partial charge is 0.265 e. The first kappa shape index (κ1) is 22.0. The SMILES string of the molecule is COc1ccc(S(=O)(=O)NC(C)C)cc1NC(=O)[C@H](C)Oc1ccc(Cl)cc1. The number of ether oxygens (including phenoxy) is 2. The second kappa shape index (κ2) is 9.27. The molecule has 0 spiro atoms. The van der Waals surface area contributed by atoms with Crippen molar-refractivity contribution >= 4 is 33.2 Å². The van der Waals surface area contributed by atoms with Crippen LogP contribution >= 0.6 is 11.6 Å². The number of hydrogen-bond acceptors (Lipinski definition) is 5. The fourth-order valence-electron chi connectivity index (χ4n) is 2.34. The van der Waals surface area contributed by atoms with Gasteiger partial charge in [0.15, 0.2) is 6.10 Å². The van der Waals surface area contributed by atoms with Crippen LogP contribution in [-0.2, 0) is 14.8 Å². The highest BCUT2D eigenvalue weighted by atomic mass is 35.5. The molecule has 0 aliphatic carbocycles. The van der Waals surface area contributed by atoms with Crippen LogP contribution in [0, 0.1) is 0 Å². The van der Waals surface area contributed by atoms with E-state index in [4.69, 9.17) is 21.1 Å². The highest BCUT2D eigenvalue weighted by Gasteiger charge is 2.21. The zero-order valence-electron chi connectivity index (χ0n) is 16.0. The maximum atomic E-state index is 12.5. The Balaban J connectivity index is 2.20. The third-order valence-electron chi connectivity index (χ3n) is 3.63. The van der Waals surface area contributed by atoms with E-state index in [0.29, 0.717) is 16.5 Å². The molecule has 0 saturated heterocycles. The minimum atomic E-state index is -3.72. The largest absolute Gasteiger partial charge is 0.495 e. The molecule has 0 heterocycles. The van der Waals surface area contributed by atoms with Gasteiger partial charge in [-0.3, -0.25) is 4.79 Å². The summed E-state index contributed by atoms with van der Waals surface area (Å²) >= 11 is 5.83. The molecule has 2 aromatic rings. The van der Waals surface area contributed by atoms with E-state index in [-0.39, 0.29) is 16.6 Å². The number of benzene rings is 2. The van der Waals surface area contributed by atoms with Gasteiger partial charge in [0, 0.05) is 11.1 Å². The Hall–Kier alpha value is -2.29. The summed E-state index contributed by atoms with van der Waals surface area (Å²) in [6, 6.07) is 10.6. The van der Waals surface area contributed by atoms with E-state index in [1.54, 1.807) is 45.0 Å². The number of anilines is 1. The highest BCUT2D eigenvalue weighted by molar-refractivity contribution is 7.89. The third-order valence-corrected chi connectivity index (χ3v) is 5.53. The van der Waals surface area contributed by atoms with Crippen LogP contribution in [0.4, 0.5) is 5.69 Å². The lowest BCUT2D eigenvalue weighted by atomic mass is 10.2. The van der Waals surface area contributed by atoms with Crippen molar-refractivity contribution < 1.29 is 22.7 Å². The molecule has 0 saturated carbocycles.